The van der Waals surface area contributed by atoms with Gasteiger partial charge in [-0.2, -0.15) is 0 Å². The number of thioether (sulfide) groups is 1. The molecule has 1 N–H and O–H groups in total. The highest BCUT2D eigenvalue weighted by atomic mass is 32.2. The van der Waals surface area contributed by atoms with E-state index in [1.165, 1.54) is 17.8 Å². The number of hydrogen-bond donors (Lipinski definition) is 1. The molecule has 1 aromatic rings. The van der Waals surface area contributed by atoms with Crippen LogP contribution in [0.2, 0.25) is 0 Å². The first kappa shape index (κ1) is 27.7. The van der Waals surface area contributed by atoms with Crippen molar-refractivity contribution >= 4 is 28.8 Å². The molecule has 11 heteroatoms. The molecule has 0 aliphatic carbocycles. The van der Waals surface area contributed by atoms with Crippen LogP contribution in [0.3, 0.4) is 0 Å². The highest BCUT2D eigenvalue weighted by Gasteiger charge is 2.42. The molecule has 1 amide bonds. The third kappa shape index (κ3) is 6.23. The Labute approximate surface area is 227 Å². The number of benzene rings is 1. The van der Waals surface area contributed by atoms with Crippen molar-refractivity contribution in [2.45, 2.75) is 19.4 Å². The van der Waals surface area contributed by atoms with Crippen LogP contribution in [0.25, 0.3) is 0 Å². The summed E-state index contributed by atoms with van der Waals surface area (Å²) in [6.45, 7) is 9.99. The third-order valence-corrected chi connectivity index (χ3v) is 7.37. The number of nitrogens with one attached hydrogen (secondary N) is 1. The standard InChI is InChI=1S/C27H34N4O6S/c1-5-12-37-26(33)24-18(2)29-27-31(25(24)21-7-6-20(34-3)16-22(21)35-4)19(17-38-27)15-23(32)28-8-9-30-10-13-36-14-11-30/h5-7,16-17,25H,1,8-15H2,2-4H3,(H,28,32). The van der Waals surface area contributed by atoms with Crippen molar-refractivity contribution < 1.29 is 28.5 Å². The Kier molecular flexibility index (Phi) is 9.48. The first-order valence-corrected chi connectivity index (χ1v) is 13.4. The second-order valence-corrected chi connectivity index (χ2v) is 9.71. The van der Waals surface area contributed by atoms with E-state index in [1.807, 2.05) is 22.4 Å². The number of fused-ring (bicyclic) bond motifs is 1. The molecule has 1 atom stereocenters. The summed E-state index contributed by atoms with van der Waals surface area (Å²) in [6, 6.07) is 4.84. The normalized spacial score (nSPS) is 19.3. The second-order valence-electron chi connectivity index (χ2n) is 8.87. The Hall–Kier alpha value is -3.28. The minimum atomic E-state index is -0.608. The molecule has 1 unspecified atom stereocenters. The van der Waals surface area contributed by atoms with E-state index in [-0.39, 0.29) is 18.9 Å². The summed E-state index contributed by atoms with van der Waals surface area (Å²) in [7, 11) is 3.15. The van der Waals surface area contributed by atoms with Gasteiger partial charge in [0.25, 0.3) is 0 Å². The SMILES string of the molecule is C=CCOC(=O)C1=C(C)N=C2SC=C(CC(=O)NCCN3CCOCC3)N2C1c1ccc(OC)cc1OC. The van der Waals surface area contributed by atoms with Crippen molar-refractivity contribution in [3.63, 3.8) is 0 Å². The highest BCUT2D eigenvalue weighted by Crippen LogP contribution is 2.47. The van der Waals surface area contributed by atoms with Gasteiger partial charge in [0.05, 0.1) is 51.2 Å². The summed E-state index contributed by atoms with van der Waals surface area (Å²) in [5, 5.41) is 5.61. The molecule has 4 rings (SSSR count). The average molecular weight is 543 g/mol. The molecule has 0 spiro atoms. The van der Waals surface area contributed by atoms with Gasteiger partial charge in [-0.3, -0.25) is 9.69 Å². The number of esters is 1. The summed E-state index contributed by atoms with van der Waals surface area (Å²) in [4.78, 5) is 35.1. The maximum absolute atomic E-state index is 13.3. The molecular formula is C27H34N4O6S. The quantitative estimate of drug-likeness (QED) is 0.334. The molecule has 3 heterocycles. The third-order valence-electron chi connectivity index (χ3n) is 6.48. The lowest BCUT2D eigenvalue weighted by Crippen LogP contribution is -2.42. The van der Waals surface area contributed by atoms with Crippen molar-refractivity contribution in [2.24, 2.45) is 4.99 Å². The predicted octanol–water partition coefficient (Wildman–Crippen LogP) is 2.85. The minimum Gasteiger partial charge on any atom is -0.497 e. The fraction of sp³-hybridized carbons (Fsp3) is 0.444. The van der Waals surface area contributed by atoms with Crippen molar-refractivity contribution in [1.82, 2.24) is 15.1 Å². The first-order valence-electron chi connectivity index (χ1n) is 12.5. The molecule has 3 aliphatic rings. The molecule has 1 fully saturated rings. The van der Waals surface area contributed by atoms with E-state index in [4.69, 9.17) is 23.9 Å². The van der Waals surface area contributed by atoms with Gasteiger partial charge in [0.15, 0.2) is 5.17 Å². The number of ether oxygens (including phenoxy) is 4. The highest BCUT2D eigenvalue weighted by molar-refractivity contribution is 8.16. The summed E-state index contributed by atoms with van der Waals surface area (Å²) in [5.74, 6) is 0.565. The van der Waals surface area contributed by atoms with Crippen LogP contribution in [-0.2, 0) is 19.1 Å². The second kappa shape index (κ2) is 13.0. The van der Waals surface area contributed by atoms with Crippen LogP contribution in [0.15, 0.2) is 58.2 Å². The Morgan fingerprint density at radius 1 is 1.26 bits per heavy atom. The van der Waals surface area contributed by atoms with Crippen LogP contribution in [0.4, 0.5) is 0 Å². The lowest BCUT2D eigenvalue weighted by Gasteiger charge is -2.36. The maximum Gasteiger partial charge on any atom is 0.338 e. The van der Waals surface area contributed by atoms with Crippen molar-refractivity contribution in [3.05, 3.63) is 58.8 Å². The molecule has 1 aromatic carbocycles. The van der Waals surface area contributed by atoms with Crippen LogP contribution >= 0.6 is 11.8 Å². The lowest BCUT2D eigenvalue weighted by atomic mass is 9.93. The smallest absolute Gasteiger partial charge is 0.338 e. The number of allylic oxidation sites excluding steroid dienone is 1. The molecule has 3 aliphatic heterocycles. The van der Waals surface area contributed by atoms with Gasteiger partial charge in [-0.25, -0.2) is 9.79 Å². The number of aliphatic imine (C=N–C) groups is 1. The van der Waals surface area contributed by atoms with Gasteiger partial charge in [-0.05, 0) is 24.5 Å². The molecule has 0 bridgehead atoms. The molecule has 0 aromatic heterocycles. The van der Waals surface area contributed by atoms with Gasteiger partial charge in [0, 0.05) is 43.5 Å². The predicted molar refractivity (Wildman–Crippen MR) is 146 cm³/mol. The van der Waals surface area contributed by atoms with E-state index in [0.717, 1.165) is 44.1 Å². The van der Waals surface area contributed by atoms with E-state index in [2.05, 4.69) is 16.8 Å². The van der Waals surface area contributed by atoms with Gasteiger partial charge < -0.3 is 29.2 Å². The van der Waals surface area contributed by atoms with E-state index in [1.54, 1.807) is 27.2 Å². The van der Waals surface area contributed by atoms with Crippen LogP contribution in [0.1, 0.15) is 24.9 Å². The van der Waals surface area contributed by atoms with Gasteiger partial charge in [-0.15, -0.1) is 0 Å². The van der Waals surface area contributed by atoms with Crippen LogP contribution in [0, 0.1) is 0 Å². The molecule has 0 radical (unpaired) electrons. The van der Waals surface area contributed by atoms with Gasteiger partial charge in [-0.1, -0.05) is 24.4 Å². The number of carbonyl (C=O) groups is 2. The zero-order chi connectivity index (χ0) is 27.1. The fourth-order valence-corrected chi connectivity index (χ4v) is 5.55. The zero-order valence-corrected chi connectivity index (χ0v) is 22.8. The number of carbonyl (C=O) groups excluding carboxylic acids is 2. The number of morpholine rings is 1. The Balaban J connectivity index is 1.59. The van der Waals surface area contributed by atoms with Crippen molar-refractivity contribution in [1.29, 1.82) is 0 Å². The van der Waals surface area contributed by atoms with E-state index < -0.39 is 12.0 Å². The number of amides is 1. The fourth-order valence-electron chi connectivity index (χ4n) is 4.59. The largest absolute Gasteiger partial charge is 0.497 e. The Morgan fingerprint density at radius 3 is 2.76 bits per heavy atom. The molecule has 0 saturated carbocycles. The van der Waals surface area contributed by atoms with Crippen molar-refractivity contribution in [3.8, 4) is 11.5 Å². The van der Waals surface area contributed by atoms with Crippen LogP contribution in [0.5, 0.6) is 11.5 Å². The van der Waals surface area contributed by atoms with Gasteiger partial charge in [0.2, 0.25) is 5.91 Å². The number of hydrogen-bond acceptors (Lipinski definition) is 10. The average Bonchev–Trinajstić information content (AvgIpc) is 3.32. The molecule has 1 saturated heterocycles. The van der Waals surface area contributed by atoms with Crippen molar-refractivity contribution in [2.75, 3.05) is 60.2 Å². The lowest BCUT2D eigenvalue weighted by molar-refractivity contribution is -0.138. The van der Waals surface area contributed by atoms with Gasteiger partial charge in [0.1, 0.15) is 18.1 Å². The minimum absolute atomic E-state index is 0.0711. The van der Waals surface area contributed by atoms with E-state index >= 15 is 0 Å². The maximum atomic E-state index is 13.3. The Bertz CT molecular complexity index is 1160. The molecule has 10 nitrogen and oxygen atoms in total. The monoisotopic (exact) mass is 542 g/mol. The first-order chi connectivity index (χ1) is 18.5. The molecule has 38 heavy (non-hydrogen) atoms. The number of amidine groups is 1. The number of nitrogens with zero attached hydrogens (tertiary/aromatic N) is 3. The molecular weight excluding hydrogens is 508 g/mol. The van der Waals surface area contributed by atoms with E-state index in [0.29, 0.717) is 34.5 Å². The summed E-state index contributed by atoms with van der Waals surface area (Å²) in [5.41, 5.74) is 2.39. The van der Waals surface area contributed by atoms with Crippen LogP contribution < -0.4 is 14.8 Å². The van der Waals surface area contributed by atoms with Gasteiger partial charge >= 0.3 is 5.97 Å². The topological polar surface area (TPSA) is 102 Å². The molecule has 204 valence electrons. The summed E-state index contributed by atoms with van der Waals surface area (Å²) < 4.78 is 21.9. The Morgan fingerprint density at radius 2 is 2.05 bits per heavy atom. The van der Waals surface area contributed by atoms with Crippen LogP contribution in [-0.4, -0.2) is 87.1 Å². The number of rotatable bonds is 11. The summed E-state index contributed by atoms with van der Waals surface area (Å²) in [6.07, 6.45) is 1.66. The summed E-state index contributed by atoms with van der Waals surface area (Å²) >= 11 is 1.42. The zero-order valence-electron chi connectivity index (χ0n) is 22.0. The number of methoxy groups -OCH3 is 2. The van der Waals surface area contributed by atoms with E-state index in [9.17, 15) is 9.59 Å².